The third-order valence-corrected chi connectivity index (χ3v) is 3.59. The summed E-state index contributed by atoms with van der Waals surface area (Å²) < 4.78 is 2.00. The molecule has 0 aliphatic heterocycles. The van der Waals surface area contributed by atoms with Gasteiger partial charge < -0.3 is 15.6 Å². The summed E-state index contributed by atoms with van der Waals surface area (Å²) in [7, 11) is 1.96. The second kappa shape index (κ2) is 6.37. The van der Waals surface area contributed by atoms with Crippen LogP contribution in [-0.2, 0) is 11.8 Å². The Bertz CT molecular complexity index is 957. The van der Waals surface area contributed by atoms with Gasteiger partial charge in [0.15, 0.2) is 0 Å². The smallest absolute Gasteiger partial charge is 0.267 e. The van der Waals surface area contributed by atoms with E-state index in [1.807, 2.05) is 42.1 Å². The zero-order chi connectivity index (χ0) is 17.1. The third-order valence-electron chi connectivity index (χ3n) is 3.59. The van der Waals surface area contributed by atoms with Crippen LogP contribution in [0.1, 0.15) is 16.1 Å². The topological polar surface area (TPSA) is 90.0 Å². The van der Waals surface area contributed by atoms with Gasteiger partial charge in [-0.2, -0.15) is 0 Å². The van der Waals surface area contributed by atoms with Gasteiger partial charge in [0.2, 0.25) is 5.91 Å². The molecule has 2 heterocycles. The van der Waals surface area contributed by atoms with Gasteiger partial charge >= 0.3 is 0 Å². The van der Waals surface area contributed by atoms with Crippen molar-refractivity contribution in [3.05, 3.63) is 66.0 Å². The molecule has 6 nitrogen and oxygen atoms in total. The van der Waals surface area contributed by atoms with E-state index < -0.39 is 5.91 Å². The van der Waals surface area contributed by atoms with Crippen LogP contribution in [0, 0.1) is 0 Å². The van der Waals surface area contributed by atoms with Crippen LogP contribution in [-0.4, -0.2) is 21.4 Å². The van der Waals surface area contributed by atoms with Gasteiger partial charge in [0, 0.05) is 35.8 Å². The summed E-state index contributed by atoms with van der Waals surface area (Å²) >= 11 is 0. The minimum absolute atomic E-state index is 0.103. The first kappa shape index (κ1) is 15.5. The van der Waals surface area contributed by atoms with Gasteiger partial charge in [-0.25, -0.2) is 4.98 Å². The van der Waals surface area contributed by atoms with Gasteiger partial charge in [0.1, 0.15) is 11.5 Å². The van der Waals surface area contributed by atoms with Crippen molar-refractivity contribution >= 4 is 34.6 Å². The van der Waals surface area contributed by atoms with Gasteiger partial charge in [-0.3, -0.25) is 9.59 Å². The number of amides is 2. The van der Waals surface area contributed by atoms with Gasteiger partial charge in [0.25, 0.3) is 5.91 Å². The molecule has 0 aliphatic carbocycles. The average molecular weight is 320 g/mol. The van der Waals surface area contributed by atoms with Crippen LogP contribution in [0.5, 0.6) is 0 Å². The highest BCUT2D eigenvalue weighted by Crippen LogP contribution is 2.21. The number of hydrogen-bond donors (Lipinski definition) is 2. The van der Waals surface area contributed by atoms with Crippen molar-refractivity contribution in [3.8, 4) is 0 Å². The molecule has 0 saturated heterocycles. The first-order valence-corrected chi connectivity index (χ1v) is 7.34. The summed E-state index contributed by atoms with van der Waals surface area (Å²) in [6, 6.07) is 12.6. The number of benzene rings is 1. The lowest BCUT2D eigenvalue weighted by Crippen LogP contribution is -2.15. The van der Waals surface area contributed by atoms with Crippen LogP contribution in [0.15, 0.2) is 54.7 Å². The summed E-state index contributed by atoms with van der Waals surface area (Å²) in [6.45, 7) is 0. The van der Waals surface area contributed by atoms with E-state index in [9.17, 15) is 9.59 Å². The molecule has 0 atom stereocenters. The summed E-state index contributed by atoms with van der Waals surface area (Å²) in [5, 5.41) is 3.68. The standard InChI is InChI=1S/C18H16N4O2/c1-22-11-12(13-5-2-3-7-15(13)22)9-10-17(23)21-16-8-4-6-14(20-16)18(19)24/h2-11H,1H3,(H2,19,24)(H,20,21,23). The molecule has 3 N–H and O–H groups in total. The molecule has 0 spiro atoms. The molecular weight excluding hydrogens is 304 g/mol. The average Bonchev–Trinajstić information content (AvgIpc) is 2.90. The molecular formula is C18H16N4O2. The number of nitrogens with one attached hydrogen (secondary N) is 1. The van der Waals surface area contributed by atoms with Gasteiger partial charge in [-0.1, -0.05) is 24.3 Å². The van der Waals surface area contributed by atoms with Crippen molar-refractivity contribution in [1.29, 1.82) is 0 Å². The fourth-order valence-electron chi connectivity index (χ4n) is 2.48. The van der Waals surface area contributed by atoms with Crippen molar-refractivity contribution in [1.82, 2.24) is 9.55 Å². The van der Waals surface area contributed by atoms with E-state index in [4.69, 9.17) is 5.73 Å². The van der Waals surface area contributed by atoms with Gasteiger partial charge in [-0.05, 0) is 24.3 Å². The van der Waals surface area contributed by atoms with E-state index >= 15 is 0 Å². The SMILES string of the molecule is Cn1cc(C=CC(=O)Nc2cccc(C(N)=O)n2)c2ccccc21. The molecule has 2 amide bonds. The monoisotopic (exact) mass is 320 g/mol. The fraction of sp³-hybridized carbons (Fsp3) is 0.0556. The van der Waals surface area contributed by atoms with E-state index in [0.29, 0.717) is 0 Å². The lowest BCUT2D eigenvalue weighted by atomic mass is 10.1. The molecule has 3 rings (SSSR count). The van der Waals surface area contributed by atoms with Crippen molar-refractivity contribution in [2.24, 2.45) is 12.8 Å². The maximum absolute atomic E-state index is 12.0. The first-order chi connectivity index (χ1) is 11.5. The van der Waals surface area contributed by atoms with Crippen molar-refractivity contribution < 1.29 is 9.59 Å². The summed E-state index contributed by atoms with van der Waals surface area (Å²) in [5.74, 6) is -0.701. The summed E-state index contributed by atoms with van der Waals surface area (Å²) in [6.07, 6.45) is 5.14. The van der Waals surface area contributed by atoms with E-state index in [2.05, 4.69) is 10.3 Å². The normalized spacial score (nSPS) is 11.0. The molecule has 0 aliphatic rings. The van der Waals surface area contributed by atoms with E-state index in [1.54, 1.807) is 18.2 Å². The van der Waals surface area contributed by atoms with Crippen LogP contribution >= 0.6 is 0 Å². The predicted octanol–water partition coefficient (Wildman–Crippen LogP) is 2.32. The van der Waals surface area contributed by atoms with Crippen LogP contribution in [0.25, 0.3) is 17.0 Å². The van der Waals surface area contributed by atoms with Crippen molar-refractivity contribution in [3.63, 3.8) is 0 Å². The van der Waals surface area contributed by atoms with Crippen LogP contribution in [0.4, 0.5) is 5.82 Å². The van der Waals surface area contributed by atoms with E-state index in [1.165, 1.54) is 12.1 Å². The number of hydrogen-bond acceptors (Lipinski definition) is 3. The predicted molar refractivity (Wildman–Crippen MR) is 93.3 cm³/mol. The second-order valence-electron chi connectivity index (χ2n) is 5.31. The number of pyridine rings is 1. The highest BCUT2D eigenvalue weighted by molar-refractivity contribution is 6.03. The lowest BCUT2D eigenvalue weighted by molar-refractivity contribution is -0.111. The van der Waals surface area contributed by atoms with Crippen LogP contribution in [0.3, 0.4) is 0 Å². The minimum atomic E-state index is -0.641. The van der Waals surface area contributed by atoms with Crippen LogP contribution < -0.4 is 11.1 Å². The Kier molecular flexibility index (Phi) is 4.11. The zero-order valence-electron chi connectivity index (χ0n) is 13.1. The highest BCUT2D eigenvalue weighted by Gasteiger charge is 2.06. The molecule has 24 heavy (non-hydrogen) atoms. The molecule has 0 unspecified atom stereocenters. The molecule has 1 aromatic carbocycles. The highest BCUT2D eigenvalue weighted by atomic mass is 16.2. The Labute approximate surface area is 138 Å². The Morgan fingerprint density at radius 2 is 1.96 bits per heavy atom. The second-order valence-corrected chi connectivity index (χ2v) is 5.31. The van der Waals surface area contributed by atoms with Crippen LogP contribution in [0.2, 0.25) is 0 Å². The molecule has 0 radical (unpaired) electrons. The maximum atomic E-state index is 12.0. The van der Waals surface area contributed by atoms with Crippen molar-refractivity contribution in [2.45, 2.75) is 0 Å². The molecule has 0 bridgehead atoms. The number of fused-ring (bicyclic) bond motifs is 1. The molecule has 120 valence electrons. The summed E-state index contributed by atoms with van der Waals surface area (Å²) in [5.41, 5.74) is 7.31. The first-order valence-electron chi connectivity index (χ1n) is 7.34. The molecule has 2 aromatic heterocycles. The van der Waals surface area contributed by atoms with Gasteiger partial charge in [0.05, 0.1) is 0 Å². The third kappa shape index (κ3) is 3.17. The molecule has 0 saturated carbocycles. The summed E-state index contributed by atoms with van der Waals surface area (Å²) in [4.78, 5) is 27.1. The zero-order valence-corrected chi connectivity index (χ0v) is 13.1. The van der Waals surface area contributed by atoms with E-state index in [0.717, 1.165) is 16.5 Å². The fourth-order valence-corrected chi connectivity index (χ4v) is 2.48. The number of carbonyl (C=O) groups is 2. The Balaban J connectivity index is 1.78. The number of para-hydroxylation sites is 1. The largest absolute Gasteiger partial charge is 0.364 e. The number of carbonyl (C=O) groups excluding carboxylic acids is 2. The molecule has 6 heteroatoms. The quantitative estimate of drug-likeness (QED) is 0.723. The molecule has 3 aromatic rings. The lowest BCUT2D eigenvalue weighted by Gasteiger charge is -2.02. The van der Waals surface area contributed by atoms with Gasteiger partial charge in [-0.15, -0.1) is 0 Å². The number of aryl methyl sites for hydroxylation is 1. The van der Waals surface area contributed by atoms with E-state index in [-0.39, 0.29) is 17.4 Å². The number of nitrogens with zero attached hydrogens (tertiary/aromatic N) is 2. The van der Waals surface area contributed by atoms with Crippen molar-refractivity contribution in [2.75, 3.05) is 5.32 Å². The Morgan fingerprint density at radius 1 is 1.17 bits per heavy atom. The number of nitrogens with two attached hydrogens (primary N) is 1. The maximum Gasteiger partial charge on any atom is 0.267 e. The minimum Gasteiger partial charge on any atom is -0.364 e. The number of primary amides is 1. The Hall–Kier alpha value is -3.41. The number of rotatable bonds is 4. The molecule has 0 fully saturated rings. The number of aromatic nitrogens is 2. The Morgan fingerprint density at radius 3 is 2.75 bits per heavy atom. The number of anilines is 1.